The zero-order valence-electron chi connectivity index (χ0n) is 6.44. The summed E-state index contributed by atoms with van der Waals surface area (Å²) in [6.07, 6.45) is 0. The lowest BCUT2D eigenvalue weighted by Gasteiger charge is -1.98. The number of benzene rings is 1. The van der Waals surface area contributed by atoms with Gasteiger partial charge in [-0.2, -0.15) is 0 Å². The molecule has 0 fully saturated rings. The van der Waals surface area contributed by atoms with Gasteiger partial charge in [0, 0.05) is 0 Å². The van der Waals surface area contributed by atoms with Crippen molar-refractivity contribution < 1.29 is 23.1 Å². The predicted octanol–water partition coefficient (Wildman–Crippen LogP) is 1.93. The average molecular weight is 219 g/mol. The van der Waals surface area contributed by atoms with Crippen LogP contribution in [0.4, 0.5) is 8.78 Å². The lowest BCUT2D eigenvalue weighted by Crippen LogP contribution is -2.00. The van der Waals surface area contributed by atoms with Crippen LogP contribution in [-0.4, -0.2) is 11.9 Å². The predicted molar refractivity (Wildman–Crippen MR) is 41.1 cm³/mol. The molecule has 0 atom stereocenters. The third-order valence-corrected chi connectivity index (χ3v) is 2.04. The van der Waals surface area contributed by atoms with Crippen molar-refractivity contribution in [1.29, 1.82) is 0 Å². The van der Waals surface area contributed by atoms with E-state index in [0.29, 0.717) is 6.07 Å². The molecular formula is C8HClF2O3. The fourth-order valence-electron chi connectivity index (χ4n) is 1.17. The summed E-state index contributed by atoms with van der Waals surface area (Å²) in [5.74, 6) is -4.62. The second kappa shape index (κ2) is 2.75. The molecule has 0 saturated carbocycles. The van der Waals surface area contributed by atoms with Crippen LogP contribution in [0.15, 0.2) is 6.07 Å². The molecule has 3 nitrogen and oxygen atoms in total. The van der Waals surface area contributed by atoms with E-state index in [4.69, 9.17) is 11.6 Å². The van der Waals surface area contributed by atoms with E-state index in [1.165, 1.54) is 0 Å². The standard InChI is InChI=1S/C8HClF2O3/c9-2-1-3(10)4-5(6(2)11)8(13)14-7(4)12/h1H. The highest BCUT2D eigenvalue weighted by molar-refractivity contribution is 6.31. The molecule has 1 aliphatic heterocycles. The second-order valence-electron chi connectivity index (χ2n) is 2.58. The van der Waals surface area contributed by atoms with Crippen LogP contribution in [0.2, 0.25) is 5.02 Å². The van der Waals surface area contributed by atoms with Crippen molar-refractivity contribution in [3.05, 3.63) is 33.9 Å². The molecule has 0 radical (unpaired) electrons. The number of halogens is 3. The molecule has 1 aliphatic rings. The van der Waals surface area contributed by atoms with Crippen LogP contribution >= 0.6 is 11.6 Å². The summed E-state index contributed by atoms with van der Waals surface area (Å²) in [6, 6.07) is 0.621. The molecule has 0 aliphatic carbocycles. The average Bonchev–Trinajstić information content (AvgIpc) is 2.38. The van der Waals surface area contributed by atoms with Gasteiger partial charge >= 0.3 is 11.9 Å². The molecule has 72 valence electrons. The lowest BCUT2D eigenvalue weighted by molar-refractivity contribution is 0.0441. The molecule has 0 bridgehead atoms. The summed E-state index contributed by atoms with van der Waals surface area (Å²) >= 11 is 5.28. The summed E-state index contributed by atoms with van der Waals surface area (Å²) in [5.41, 5.74) is -1.43. The van der Waals surface area contributed by atoms with Crippen LogP contribution in [0, 0.1) is 11.6 Å². The van der Waals surface area contributed by atoms with Gasteiger partial charge in [0.25, 0.3) is 0 Å². The van der Waals surface area contributed by atoms with E-state index in [-0.39, 0.29) is 0 Å². The van der Waals surface area contributed by atoms with E-state index >= 15 is 0 Å². The Morgan fingerprint density at radius 1 is 1.14 bits per heavy atom. The van der Waals surface area contributed by atoms with Crippen molar-refractivity contribution in [3.63, 3.8) is 0 Å². The third kappa shape index (κ3) is 1.02. The maximum absolute atomic E-state index is 13.2. The Morgan fingerprint density at radius 2 is 1.71 bits per heavy atom. The molecule has 0 N–H and O–H groups in total. The number of hydrogen-bond acceptors (Lipinski definition) is 3. The summed E-state index contributed by atoms with van der Waals surface area (Å²) in [7, 11) is 0. The first-order valence-electron chi connectivity index (χ1n) is 3.46. The monoisotopic (exact) mass is 218 g/mol. The molecule has 1 heterocycles. The number of esters is 2. The van der Waals surface area contributed by atoms with Crippen LogP contribution in [-0.2, 0) is 4.74 Å². The Balaban J connectivity index is 2.86. The highest BCUT2D eigenvalue weighted by atomic mass is 35.5. The van der Waals surface area contributed by atoms with E-state index in [2.05, 4.69) is 4.74 Å². The van der Waals surface area contributed by atoms with Gasteiger partial charge in [-0.05, 0) is 6.07 Å². The van der Waals surface area contributed by atoms with Crippen molar-refractivity contribution in [3.8, 4) is 0 Å². The van der Waals surface area contributed by atoms with E-state index in [1.807, 2.05) is 0 Å². The van der Waals surface area contributed by atoms with Crippen LogP contribution in [0.25, 0.3) is 0 Å². The maximum atomic E-state index is 13.2. The number of rotatable bonds is 0. The van der Waals surface area contributed by atoms with Gasteiger partial charge in [-0.1, -0.05) is 11.6 Å². The van der Waals surface area contributed by atoms with Gasteiger partial charge in [-0.15, -0.1) is 0 Å². The van der Waals surface area contributed by atoms with Crippen LogP contribution in [0.3, 0.4) is 0 Å². The Kier molecular flexibility index (Phi) is 1.78. The normalized spacial score (nSPS) is 14.2. The third-order valence-electron chi connectivity index (χ3n) is 1.77. The lowest BCUT2D eigenvalue weighted by atomic mass is 10.1. The van der Waals surface area contributed by atoms with Crippen molar-refractivity contribution in [2.75, 3.05) is 0 Å². The van der Waals surface area contributed by atoms with Crippen LogP contribution in [0.1, 0.15) is 20.7 Å². The first kappa shape index (κ1) is 9.08. The molecule has 0 amide bonds. The fraction of sp³-hybridized carbons (Fsp3) is 0. The van der Waals surface area contributed by atoms with Gasteiger partial charge in [-0.25, -0.2) is 18.4 Å². The SMILES string of the molecule is O=C1OC(=O)c2c(F)c(Cl)cc(F)c21. The number of carbonyl (C=O) groups is 2. The quantitative estimate of drug-likeness (QED) is 0.380. The van der Waals surface area contributed by atoms with Crippen molar-refractivity contribution in [2.45, 2.75) is 0 Å². The minimum Gasteiger partial charge on any atom is -0.385 e. The maximum Gasteiger partial charge on any atom is 0.350 e. The first-order valence-corrected chi connectivity index (χ1v) is 3.84. The van der Waals surface area contributed by atoms with Crippen molar-refractivity contribution in [1.82, 2.24) is 0 Å². The van der Waals surface area contributed by atoms with Gasteiger partial charge in [0.2, 0.25) is 0 Å². The summed E-state index contributed by atoms with van der Waals surface area (Å²) < 4.78 is 30.2. The summed E-state index contributed by atoms with van der Waals surface area (Å²) in [4.78, 5) is 21.8. The minimum atomic E-state index is -1.22. The minimum absolute atomic E-state index is 0.562. The number of hydrogen-bond donors (Lipinski definition) is 0. The van der Waals surface area contributed by atoms with Gasteiger partial charge in [0.05, 0.1) is 5.02 Å². The molecular weight excluding hydrogens is 218 g/mol. The summed E-state index contributed by atoms with van der Waals surface area (Å²) in [5, 5.41) is -0.562. The number of ether oxygens (including phenoxy) is 1. The largest absolute Gasteiger partial charge is 0.385 e. The van der Waals surface area contributed by atoms with Crippen molar-refractivity contribution in [2.24, 2.45) is 0 Å². The van der Waals surface area contributed by atoms with Crippen LogP contribution in [0.5, 0.6) is 0 Å². The Labute approximate surface area is 81.2 Å². The molecule has 1 aromatic rings. The van der Waals surface area contributed by atoms with E-state index in [0.717, 1.165) is 0 Å². The number of cyclic esters (lactones) is 2. The van der Waals surface area contributed by atoms with Gasteiger partial charge in [-0.3, -0.25) is 0 Å². The number of carbonyl (C=O) groups excluding carboxylic acids is 2. The molecule has 0 spiro atoms. The molecule has 1 aromatic carbocycles. The highest BCUT2D eigenvalue weighted by Gasteiger charge is 2.37. The Bertz CT molecular complexity index is 470. The number of fused-ring (bicyclic) bond motifs is 1. The van der Waals surface area contributed by atoms with E-state index in [9.17, 15) is 18.4 Å². The molecule has 0 saturated heterocycles. The van der Waals surface area contributed by atoms with E-state index < -0.39 is 39.7 Å². The van der Waals surface area contributed by atoms with Crippen LogP contribution < -0.4 is 0 Å². The molecule has 2 rings (SSSR count). The zero-order valence-corrected chi connectivity index (χ0v) is 7.19. The summed E-state index contributed by atoms with van der Waals surface area (Å²) in [6.45, 7) is 0. The Morgan fingerprint density at radius 3 is 2.36 bits per heavy atom. The fourth-order valence-corrected chi connectivity index (χ4v) is 1.36. The highest BCUT2D eigenvalue weighted by Crippen LogP contribution is 2.30. The van der Waals surface area contributed by atoms with E-state index in [1.54, 1.807) is 0 Å². The Hall–Kier alpha value is -1.49. The second-order valence-corrected chi connectivity index (χ2v) is 2.99. The van der Waals surface area contributed by atoms with Gasteiger partial charge < -0.3 is 4.74 Å². The molecule has 14 heavy (non-hydrogen) atoms. The van der Waals surface area contributed by atoms with Gasteiger partial charge in [0.15, 0.2) is 5.82 Å². The molecule has 6 heteroatoms. The zero-order chi connectivity index (χ0) is 10.5. The topological polar surface area (TPSA) is 43.4 Å². The smallest absolute Gasteiger partial charge is 0.350 e. The first-order chi connectivity index (χ1) is 6.52. The molecule has 0 aromatic heterocycles. The van der Waals surface area contributed by atoms with Crippen molar-refractivity contribution >= 4 is 23.5 Å². The van der Waals surface area contributed by atoms with Gasteiger partial charge in [0.1, 0.15) is 16.9 Å². The molecule has 0 unspecified atom stereocenters.